The summed E-state index contributed by atoms with van der Waals surface area (Å²) in [4.78, 5) is 25.1. The largest absolute Gasteiger partial charge is 0.494 e. The van der Waals surface area contributed by atoms with E-state index in [-0.39, 0.29) is 11.9 Å². The summed E-state index contributed by atoms with van der Waals surface area (Å²) in [6.45, 7) is 5.63. The Hall–Kier alpha value is -3.43. The molecule has 4 aromatic rings. The normalized spacial score (nSPS) is 18.5. The molecule has 1 aliphatic heterocycles. The SMILES string of the molecule is COc1cc(C(=O)N2CCC[C@@H](N)C2)cc2nc(-c3cc4ccc(C(C)(C)O)nc4n3CC3CC3)n(C)c12. The minimum Gasteiger partial charge on any atom is -0.494 e. The number of hydrogen-bond donors (Lipinski definition) is 2. The quantitative estimate of drug-likeness (QED) is 0.403. The number of nitrogens with zero attached hydrogens (tertiary/aromatic N) is 5. The van der Waals surface area contributed by atoms with E-state index >= 15 is 0 Å². The third-order valence-corrected chi connectivity index (χ3v) is 7.88. The molecule has 0 spiro atoms. The number of aliphatic hydroxyl groups is 1. The van der Waals surface area contributed by atoms with Crippen LogP contribution in [0.5, 0.6) is 5.75 Å². The second-order valence-electron chi connectivity index (χ2n) is 11.4. The Morgan fingerprint density at radius 2 is 1.97 bits per heavy atom. The monoisotopic (exact) mass is 516 g/mol. The predicted octanol–water partition coefficient (Wildman–Crippen LogP) is 3.80. The summed E-state index contributed by atoms with van der Waals surface area (Å²) >= 11 is 0. The second-order valence-corrected chi connectivity index (χ2v) is 11.4. The van der Waals surface area contributed by atoms with Crippen LogP contribution < -0.4 is 10.5 Å². The Bertz CT molecular complexity index is 1540. The topological polar surface area (TPSA) is 111 Å². The number of imidazole rings is 1. The number of aryl methyl sites for hydroxylation is 1. The lowest BCUT2D eigenvalue weighted by molar-refractivity contribution is 0.0707. The lowest BCUT2D eigenvalue weighted by atomic mass is 10.0. The average Bonchev–Trinajstić information content (AvgIpc) is 3.56. The number of nitrogens with two attached hydrogens (primary N) is 1. The van der Waals surface area contributed by atoms with Crippen LogP contribution in [0, 0.1) is 5.92 Å². The van der Waals surface area contributed by atoms with Crippen molar-refractivity contribution >= 4 is 28.0 Å². The van der Waals surface area contributed by atoms with Crippen molar-refractivity contribution in [2.45, 2.75) is 57.7 Å². The molecule has 1 aromatic carbocycles. The fourth-order valence-electron chi connectivity index (χ4n) is 5.59. The number of hydrogen-bond acceptors (Lipinski definition) is 6. The summed E-state index contributed by atoms with van der Waals surface area (Å²) < 4.78 is 10.0. The van der Waals surface area contributed by atoms with E-state index in [9.17, 15) is 9.90 Å². The van der Waals surface area contributed by atoms with Crippen LogP contribution in [-0.2, 0) is 19.2 Å². The van der Waals surface area contributed by atoms with Crippen LogP contribution in [0.1, 0.15) is 55.6 Å². The van der Waals surface area contributed by atoms with Gasteiger partial charge in [-0.1, -0.05) is 0 Å². The number of rotatable bonds is 6. The molecular formula is C29H36N6O3. The van der Waals surface area contributed by atoms with Crippen LogP contribution in [0.2, 0.25) is 0 Å². The maximum Gasteiger partial charge on any atom is 0.254 e. The number of carbonyl (C=O) groups excluding carboxylic acids is 1. The van der Waals surface area contributed by atoms with Gasteiger partial charge in [0.05, 0.1) is 24.0 Å². The number of methoxy groups -OCH3 is 1. The van der Waals surface area contributed by atoms with Crippen molar-refractivity contribution in [1.29, 1.82) is 0 Å². The van der Waals surface area contributed by atoms with E-state index in [1.165, 1.54) is 12.8 Å². The van der Waals surface area contributed by atoms with Gasteiger partial charge in [-0.2, -0.15) is 0 Å². The Balaban J connectivity index is 1.49. The Morgan fingerprint density at radius 1 is 1.18 bits per heavy atom. The van der Waals surface area contributed by atoms with Crippen LogP contribution in [-0.4, -0.2) is 61.3 Å². The molecule has 2 aliphatic rings. The van der Waals surface area contributed by atoms with Crippen molar-refractivity contribution in [3.8, 4) is 17.3 Å². The van der Waals surface area contributed by atoms with Crippen LogP contribution in [0.4, 0.5) is 0 Å². The smallest absolute Gasteiger partial charge is 0.254 e. The molecule has 1 atom stereocenters. The fourth-order valence-corrected chi connectivity index (χ4v) is 5.59. The first-order chi connectivity index (χ1) is 18.1. The first-order valence-electron chi connectivity index (χ1n) is 13.5. The van der Waals surface area contributed by atoms with Gasteiger partial charge < -0.3 is 29.6 Å². The highest BCUT2D eigenvalue weighted by Crippen LogP contribution is 2.38. The zero-order chi connectivity index (χ0) is 26.8. The van der Waals surface area contributed by atoms with Gasteiger partial charge in [-0.05, 0) is 75.8 Å². The van der Waals surface area contributed by atoms with Gasteiger partial charge in [0, 0.05) is 43.7 Å². The predicted molar refractivity (Wildman–Crippen MR) is 147 cm³/mol. The molecule has 0 bridgehead atoms. The van der Waals surface area contributed by atoms with Gasteiger partial charge in [0.25, 0.3) is 5.91 Å². The number of aromatic nitrogens is 4. The van der Waals surface area contributed by atoms with Crippen molar-refractivity contribution in [3.05, 3.63) is 41.6 Å². The number of pyridine rings is 1. The van der Waals surface area contributed by atoms with Gasteiger partial charge in [-0.25, -0.2) is 9.97 Å². The molecule has 9 heteroatoms. The fraction of sp³-hybridized carbons (Fsp3) is 0.483. The lowest BCUT2D eigenvalue weighted by Crippen LogP contribution is -2.45. The number of benzene rings is 1. The molecule has 1 amide bonds. The molecule has 38 heavy (non-hydrogen) atoms. The summed E-state index contributed by atoms with van der Waals surface area (Å²) in [5.74, 6) is 1.96. The highest BCUT2D eigenvalue weighted by Gasteiger charge is 2.29. The van der Waals surface area contributed by atoms with Gasteiger partial charge in [-0.15, -0.1) is 0 Å². The summed E-state index contributed by atoms with van der Waals surface area (Å²) in [5.41, 5.74) is 9.66. The van der Waals surface area contributed by atoms with E-state index in [4.69, 9.17) is 20.4 Å². The molecule has 1 saturated heterocycles. The Morgan fingerprint density at radius 3 is 2.66 bits per heavy atom. The Labute approximate surface area is 222 Å². The van der Waals surface area contributed by atoms with Crippen LogP contribution in [0.15, 0.2) is 30.3 Å². The first-order valence-corrected chi connectivity index (χ1v) is 13.5. The Kier molecular flexibility index (Phi) is 5.96. The van der Waals surface area contributed by atoms with Crippen molar-refractivity contribution in [2.75, 3.05) is 20.2 Å². The minimum atomic E-state index is -1.03. The summed E-state index contributed by atoms with van der Waals surface area (Å²) in [6.07, 6.45) is 4.25. The van der Waals surface area contributed by atoms with Crippen LogP contribution in [0.3, 0.4) is 0 Å². The van der Waals surface area contributed by atoms with E-state index in [0.29, 0.717) is 41.5 Å². The lowest BCUT2D eigenvalue weighted by Gasteiger charge is -2.30. The van der Waals surface area contributed by atoms with E-state index in [1.54, 1.807) is 21.0 Å². The molecule has 9 nitrogen and oxygen atoms in total. The molecule has 0 radical (unpaired) electrons. The molecule has 4 heterocycles. The zero-order valence-electron chi connectivity index (χ0n) is 22.6. The number of amides is 1. The van der Waals surface area contributed by atoms with Gasteiger partial charge >= 0.3 is 0 Å². The number of fused-ring (bicyclic) bond motifs is 2. The first kappa shape index (κ1) is 24.9. The highest BCUT2D eigenvalue weighted by molar-refractivity contribution is 6.00. The van der Waals surface area contributed by atoms with Crippen molar-refractivity contribution < 1.29 is 14.6 Å². The average molecular weight is 517 g/mol. The molecule has 0 unspecified atom stereocenters. The summed E-state index contributed by atoms with van der Waals surface area (Å²) in [6, 6.07) is 9.71. The van der Waals surface area contributed by atoms with Crippen LogP contribution >= 0.6 is 0 Å². The van der Waals surface area contributed by atoms with E-state index < -0.39 is 5.60 Å². The molecule has 6 rings (SSSR count). The minimum absolute atomic E-state index is 0.0127. The number of carbonyl (C=O) groups is 1. The molecule has 1 aliphatic carbocycles. The molecule has 3 aromatic heterocycles. The maximum absolute atomic E-state index is 13.4. The van der Waals surface area contributed by atoms with Gasteiger partial charge in [-0.3, -0.25) is 4.79 Å². The number of likely N-dealkylation sites (tertiary alicyclic amines) is 1. The summed E-state index contributed by atoms with van der Waals surface area (Å²) in [5, 5.41) is 11.6. The van der Waals surface area contributed by atoms with Crippen molar-refractivity contribution in [1.82, 2.24) is 24.0 Å². The van der Waals surface area contributed by atoms with Crippen molar-refractivity contribution in [2.24, 2.45) is 18.7 Å². The second kappa shape index (κ2) is 9.10. The highest BCUT2D eigenvalue weighted by atomic mass is 16.5. The van der Waals surface area contributed by atoms with Gasteiger partial charge in [0.1, 0.15) is 22.5 Å². The molecule has 200 valence electrons. The standard InChI is InChI=1S/C29H36N6O3/c1-29(2,37)24-10-9-18-13-22(35(26(18)32-24)15-17-7-8-17)27-31-21-12-19(14-23(38-4)25(21)33(27)3)28(36)34-11-5-6-20(30)16-34/h9-10,12-14,17,20,37H,5-8,11,15-16,30H2,1-4H3/t20-/m1/s1. The zero-order valence-corrected chi connectivity index (χ0v) is 22.6. The van der Waals surface area contributed by atoms with E-state index in [2.05, 4.69) is 10.6 Å². The molecule has 1 saturated carbocycles. The third-order valence-electron chi connectivity index (χ3n) is 7.88. The van der Waals surface area contributed by atoms with E-state index in [1.807, 2.05) is 40.8 Å². The molecule has 2 fully saturated rings. The van der Waals surface area contributed by atoms with Crippen LogP contribution in [0.25, 0.3) is 33.6 Å². The maximum atomic E-state index is 13.4. The van der Waals surface area contributed by atoms with Crippen molar-refractivity contribution in [3.63, 3.8) is 0 Å². The third kappa shape index (κ3) is 4.33. The summed E-state index contributed by atoms with van der Waals surface area (Å²) in [7, 11) is 3.60. The van der Waals surface area contributed by atoms with Gasteiger partial charge in [0.15, 0.2) is 5.82 Å². The number of ether oxygens (including phenoxy) is 1. The number of piperidine rings is 1. The molecule has 3 N–H and O–H groups in total. The van der Waals surface area contributed by atoms with Gasteiger partial charge in [0.2, 0.25) is 0 Å². The molecular weight excluding hydrogens is 480 g/mol. The van der Waals surface area contributed by atoms with E-state index in [0.717, 1.165) is 47.5 Å².